The number of hydrogen-bond donors (Lipinski definition) is 0. The van der Waals surface area contributed by atoms with Gasteiger partial charge < -0.3 is 0 Å². The minimum atomic E-state index is 0.201. The van der Waals surface area contributed by atoms with E-state index in [1.54, 1.807) is 0 Å². The van der Waals surface area contributed by atoms with Crippen molar-refractivity contribution >= 4 is 0 Å². The van der Waals surface area contributed by atoms with E-state index in [2.05, 4.69) is 23.9 Å². The minimum Gasteiger partial charge on any atom is -0.0934 e. The van der Waals surface area contributed by atoms with E-state index in [-0.39, 0.29) is 5.41 Å². The molecule has 0 aliphatic heterocycles. The number of nitrogens with zero attached hydrogens (tertiary/aromatic N) is 3. The van der Waals surface area contributed by atoms with Crippen LogP contribution in [-0.4, -0.2) is 6.54 Å². The Hall–Kier alpha value is -0.690. The zero-order chi connectivity index (χ0) is 9.73. The Kier molecular flexibility index (Phi) is 3.61. The lowest BCUT2D eigenvalue weighted by molar-refractivity contribution is 0.167. The summed E-state index contributed by atoms with van der Waals surface area (Å²) in [6.07, 6.45) is 6.71. The topological polar surface area (TPSA) is 48.8 Å². The van der Waals surface area contributed by atoms with Gasteiger partial charge in [-0.3, -0.25) is 0 Å². The quantitative estimate of drug-likeness (QED) is 0.360. The van der Waals surface area contributed by atoms with Crippen LogP contribution >= 0.6 is 0 Å². The predicted octanol–water partition coefficient (Wildman–Crippen LogP) is 3.90. The maximum absolute atomic E-state index is 8.29. The second-order valence-electron chi connectivity index (χ2n) is 4.71. The molecule has 0 bridgehead atoms. The van der Waals surface area contributed by atoms with Gasteiger partial charge in [0.25, 0.3) is 0 Å². The molecular weight excluding hydrogens is 162 g/mol. The first-order valence-corrected chi connectivity index (χ1v) is 5.17. The van der Waals surface area contributed by atoms with Crippen LogP contribution < -0.4 is 0 Å². The molecule has 0 radical (unpaired) electrons. The molecule has 0 N–H and O–H groups in total. The normalized spacial score (nSPS) is 19.5. The lowest BCUT2D eigenvalue weighted by Crippen LogP contribution is -2.28. The maximum Gasteiger partial charge on any atom is 0.0311 e. The molecule has 0 saturated heterocycles. The Labute approximate surface area is 80.2 Å². The number of hydrogen-bond acceptors (Lipinski definition) is 1. The Balaban J connectivity index is 2.50. The summed E-state index contributed by atoms with van der Waals surface area (Å²) in [4.78, 5) is 2.84. The average molecular weight is 181 g/mol. The molecule has 13 heavy (non-hydrogen) atoms. The smallest absolute Gasteiger partial charge is 0.0311 e. The van der Waals surface area contributed by atoms with Gasteiger partial charge in [0.1, 0.15) is 0 Å². The second kappa shape index (κ2) is 4.52. The molecule has 1 fully saturated rings. The van der Waals surface area contributed by atoms with Crippen LogP contribution in [0.4, 0.5) is 0 Å². The molecule has 3 heteroatoms. The van der Waals surface area contributed by atoms with E-state index < -0.39 is 0 Å². The van der Waals surface area contributed by atoms with Crippen molar-refractivity contribution in [3.05, 3.63) is 10.4 Å². The molecular formula is C10H19N3. The Morgan fingerprint density at radius 2 is 1.92 bits per heavy atom. The monoisotopic (exact) mass is 181 g/mol. The van der Waals surface area contributed by atoms with E-state index >= 15 is 0 Å². The maximum atomic E-state index is 8.29. The van der Waals surface area contributed by atoms with E-state index in [9.17, 15) is 0 Å². The first-order valence-electron chi connectivity index (χ1n) is 5.17. The van der Waals surface area contributed by atoms with Gasteiger partial charge in [-0.05, 0) is 29.7 Å². The van der Waals surface area contributed by atoms with Crippen LogP contribution in [0.25, 0.3) is 10.4 Å². The zero-order valence-corrected chi connectivity index (χ0v) is 8.66. The lowest BCUT2D eigenvalue weighted by Gasteiger charge is -2.35. The molecule has 1 aliphatic carbocycles. The molecule has 0 spiro atoms. The highest BCUT2D eigenvalue weighted by molar-refractivity contribution is 4.82. The van der Waals surface area contributed by atoms with Crippen LogP contribution in [0.1, 0.15) is 46.0 Å². The van der Waals surface area contributed by atoms with Crippen molar-refractivity contribution in [3.63, 3.8) is 0 Å². The molecule has 74 valence electrons. The highest BCUT2D eigenvalue weighted by atomic mass is 15.1. The van der Waals surface area contributed by atoms with E-state index in [0.717, 1.165) is 5.92 Å². The third-order valence-corrected chi connectivity index (χ3v) is 3.25. The van der Waals surface area contributed by atoms with Crippen molar-refractivity contribution in [2.45, 2.75) is 46.0 Å². The SMILES string of the molecule is CC(C)(CN=[N+]=[N-])C1CCCCC1. The molecule has 0 amide bonds. The summed E-state index contributed by atoms with van der Waals surface area (Å²) in [6, 6.07) is 0. The highest BCUT2D eigenvalue weighted by Crippen LogP contribution is 2.38. The van der Waals surface area contributed by atoms with Gasteiger partial charge in [-0.25, -0.2) is 0 Å². The molecule has 0 atom stereocenters. The molecule has 0 heterocycles. The largest absolute Gasteiger partial charge is 0.0934 e. The molecule has 1 saturated carbocycles. The van der Waals surface area contributed by atoms with E-state index in [0.29, 0.717) is 6.54 Å². The molecule has 0 aromatic carbocycles. The fourth-order valence-electron chi connectivity index (χ4n) is 2.23. The van der Waals surface area contributed by atoms with Gasteiger partial charge in [-0.15, -0.1) is 0 Å². The summed E-state index contributed by atoms with van der Waals surface area (Å²) in [5.74, 6) is 0.756. The summed E-state index contributed by atoms with van der Waals surface area (Å²) in [5, 5.41) is 3.70. The van der Waals surface area contributed by atoms with E-state index in [1.807, 2.05) is 0 Å². The molecule has 0 aromatic rings. The molecule has 1 rings (SSSR count). The Morgan fingerprint density at radius 3 is 2.46 bits per heavy atom. The number of rotatable bonds is 3. The van der Waals surface area contributed by atoms with Gasteiger partial charge >= 0.3 is 0 Å². The predicted molar refractivity (Wildman–Crippen MR) is 54.4 cm³/mol. The third kappa shape index (κ3) is 2.92. The lowest BCUT2D eigenvalue weighted by atomic mass is 9.71. The molecule has 0 aromatic heterocycles. The first-order chi connectivity index (χ1) is 6.17. The fourth-order valence-corrected chi connectivity index (χ4v) is 2.23. The van der Waals surface area contributed by atoms with Crippen LogP contribution in [0, 0.1) is 11.3 Å². The van der Waals surface area contributed by atoms with Crippen molar-refractivity contribution in [3.8, 4) is 0 Å². The third-order valence-electron chi connectivity index (χ3n) is 3.25. The highest BCUT2D eigenvalue weighted by Gasteiger charge is 2.29. The fraction of sp³-hybridized carbons (Fsp3) is 1.00. The van der Waals surface area contributed by atoms with Gasteiger partial charge in [0, 0.05) is 11.5 Å². The summed E-state index contributed by atoms with van der Waals surface area (Å²) >= 11 is 0. The summed E-state index contributed by atoms with van der Waals surface area (Å²) in [6.45, 7) is 5.09. The van der Waals surface area contributed by atoms with Gasteiger partial charge in [0.15, 0.2) is 0 Å². The summed E-state index contributed by atoms with van der Waals surface area (Å²) < 4.78 is 0. The van der Waals surface area contributed by atoms with Crippen molar-refractivity contribution < 1.29 is 0 Å². The standard InChI is InChI=1S/C10H19N3/c1-10(2,8-12-13-11)9-6-4-3-5-7-9/h9H,3-8H2,1-2H3. The minimum absolute atomic E-state index is 0.201. The molecule has 0 unspecified atom stereocenters. The summed E-state index contributed by atoms with van der Waals surface area (Å²) in [7, 11) is 0. The van der Waals surface area contributed by atoms with Crippen LogP contribution in [0.15, 0.2) is 5.11 Å². The molecule has 3 nitrogen and oxygen atoms in total. The second-order valence-corrected chi connectivity index (χ2v) is 4.71. The van der Waals surface area contributed by atoms with Crippen LogP contribution in [-0.2, 0) is 0 Å². The van der Waals surface area contributed by atoms with Crippen molar-refractivity contribution in [1.29, 1.82) is 0 Å². The van der Waals surface area contributed by atoms with Crippen LogP contribution in [0.3, 0.4) is 0 Å². The molecule has 1 aliphatic rings. The van der Waals surface area contributed by atoms with Crippen LogP contribution in [0.2, 0.25) is 0 Å². The number of azide groups is 1. The zero-order valence-electron chi connectivity index (χ0n) is 8.66. The van der Waals surface area contributed by atoms with Gasteiger partial charge in [-0.2, -0.15) is 0 Å². The summed E-state index contributed by atoms with van der Waals surface area (Å²) in [5.41, 5.74) is 8.49. The van der Waals surface area contributed by atoms with E-state index in [1.165, 1.54) is 32.1 Å². The van der Waals surface area contributed by atoms with Gasteiger partial charge in [-0.1, -0.05) is 38.2 Å². The Bertz CT molecular complexity index is 198. The van der Waals surface area contributed by atoms with Gasteiger partial charge in [0.05, 0.1) is 0 Å². The van der Waals surface area contributed by atoms with E-state index in [4.69, 9.17) is 5.53 Å². The van der Waals surface area contributed by atoms with Gasteiger partial charge in [0.2, 0.25) is 0 Å². The van der Waals surface area contributed by atoms with Crippen molar-refractivity contribution in [2.24, 2.45) is 16.4 Å². The first kappa shape index (κ1) is 10.4. The van der Waals surface area contributed by atoms with Crippen LogP contribution in [0.5, 0.6) is 0 Å². The van der Waals surface area contributed by atoms with Crippen molar-refractivity contribution in [2.75, 3.05) is 6.54 Å². The van der Waals surface area contributed by atoms with Crippen molar-refractivity contribution in [1.82, 2.24) is 0 Å². The Morgan fingerprint density at radius 1 is 1.31 bits per heavy atom. The average Bonchev–Trinajstić information content (AvgIpc) is 2.16.